The first kappa shape index (κ1) is 25.6. The summed E-state index contributed by atoms with van der Waals surface area (Å²) in [6.45, 7) is 4.16. The summed E-state index contributed by atoms with van der Waals surface area (Å²) < 4.78 is 62.2. The van der Waals surface area contributed by atoms with E-state index in [0.29, 0.717) is 13.0 Å². The average Bonchev–Trinajstić information content (AvgIpc) is 3.26. The maximum atomic E-state index is 13.6. The van der Waals surface area contributed by atoms with Crippen LogP contribution in [0.2, 0.25) is 0 Å². The van der Waals surface area contributed by atoms with Gasteiger partial charge in [0.05, 0.1) is 6.04 Å². The van der Waals surface area contributed by atoms with Crippen LogP contribution < -0.4 is 14.8 Å². The van der Waals surface area contributed by atoms with Crippen molar-refractivity contribution in [3.05, 3.63) is 23.8 Å². The van der Waals surface area contributed by atoms with E-state index in [1.54, 1.807) is 0 Å². The molecular formula is C23H32F4N2O4. The highest BCUT2D eigenvalue weighted by Gasteiger charge is 2.66. The van der Waals surface area contributed by atoms with Crippen molar-refractivity contribution in [2.45, 2.75) is 82.7 Å². The predicted molar refractivity (Wildman–Crippen MR) is 114 cm³/mol. The molecule has 2 atom stereocenters. The highest BCUT2D eigenvalue weighted by atomic mass is 19.3. The first-order valence-electron chi connectivity index (χ1n) is 11.6. The van der Waals surface area contributed by atoms with Crippen molar-refractivity contribution < 1.29 is 36.9 Å². The predicted octanol–water partition coefficient (Wildman–Crippen LogP) is 4.62. The Balaban J connectivity index is 1.70. The molecule has 1 aromatic carbocycles. The lowest BCUT2D eigenvalue weighted by Crippen LogP contribution is -2.52. The highest BCUT2D eigenvalue weighted by Crippen LogP contribution is 2.47. The number of carbonyl (C=O) groups excluding carboxylic acids is 1. The summed E-state index contributed by atoms with van der Waals surface area (Å²) in [5, 5.41) is 13.9. The van der Waals surface area contributed by atoms with Gasteiger partial charge in [-0.1, -0.05) is 38.7 Å². The molecular weight excluding hydrogens is 444 g/mol. The Morgan fingerprint density at radius 1 is 1.06 bits per heavy atom. The van der Waals surface area contributed by atoms with Crippen LogP contribution in [0.25, 0.3) is 0 Å². The lowest BCUT2D eigenvalue weighted by atomic mass is 10.0. The molecule has 0 aromatic heterocycles. The number of hydrogen-bond donors (Lipinski definition) is 2. The molecule has 0 aliphatic carbocycles. The number of hydrogen-bond acceptors (Lipinski definition) is 5. The number of fused-ring (bicyclic) bond motifs is 1. The van der Waals surface area contributed by atoms with Crippen LogP contribution >= 0.6 is 0 Å². The molecule has 33 heavy (non-hydrogen) atoms. The fraction of sp³-hybridized carbons (Fsp3) is 0.696. The van der Waals surface area contributed by atoms with Crippen LogP contribution in [0.15, 0.2) is 18.2 Å². The maximum Gasteiger partial charge on any atom is 0.507 e. The fourth-order valence-corrected chi connectivity index (χ4v) is 4.14. The third-order valence-corrected chi connectivity index (χ3v) is 6.01. The van der Waals surface area contributed by atoms with Gasteiger partial charge in [0.15, 0.2) is 11.5 Å². The van der Waals surface area contributed by atoms with E-state index in [0.717, 1.165) is 70.2 Å². The molecule has 6 nitrogen and oxygen atoms in total. The van der Waals surface area contributed by atoms with Crippen LogP contribution in [0.4, 0.5) is 17.6 Å². The molecule has 1 fully saturated rings. The van der Waals surface area contributed by atoms with E-state index >= 15 is 0 Å². The first-order valence-corrected chi connectivity index (χ1v) is 11.6. The van der Waals surface area contributed by atoms with Gasteiger partial charge in [-0.05, 0) is 50.0 Å². The standard InChI is InChI=1S/C23H32F4N2O4/c1-2-3-4-5-6-9-20(30)28-17(15-29-12-7-8-13-29)21(31)16-10-11-18-19(14-16)33-23(26,27)22(24,25)32-18/h10-11,14,17,21,31H,2-9,12-13,15H2,1H3,(H,28,30)/t17-,21-/m1/s1. The lowest BCUT2D eigenvalue weighted by molar-refractivity contribution is -0.391. The molecule has 0 saturated carbocycles. The van der Waals surface area contributed by atoms with E-state index in [1.807, 2.05) is 0 Å². The minimum absolute atomic E-state index is 0.158. The number of halogens is 4. The van der Waals surface area contributed by atoms with Gasteiger partial charge in [0, 0.05) is 13.0 Å². The van der Waals surface area contributed by atoms with E-state index < -0.39 is 35.9 Å². The Kier molecular flexibility index (Phi) is 8.44. The second kappa shape index (κ2) is 10.9. The number of ether oxygens (including phenoxy) is 2. The second-order valence-corrected chi connectivity index (χ2v) is 8.73. The van der Waals surface area contributed by atoms with Crippen LogP contribution in [0, 0.1) is 0 Å². The number of alkyl halides is 4. The summed E-state index contributed by atoms with van der Waals surface area (Å²) in [4.78, 5) is 14.6. The van der Waals surface area contributed by atoms with Crippen molar-refractivity contribution in [2.75, 3.05) is 19.6 Å². The summed E-state index contributed by atoms with van der Waals surface area (Å²) in [5.74, 6) is -1.34. The SMILES string of the molecule is CCCCCCCC(=O)N[C@H](CN1CCCC1)[C@H](O)c1ccc2c(c1)OC(F)(F)C(F)(F)O2. The number of carbonyl (C=O) groups is 1. The normalized spacial score (nSPS) is 20.9. The largest absolute Gasteiger partial charge is 0.507 e. The molecule has 186 valence electrons. The molecule has 2 N–H and O–H groups in total. The minimum Gasteiger partial charge on any atom is -0.421 e. The van der Waals surface area contributed by atoms with Gasteiger partial charge in [-0.3, -0.25) is 4.79 Å². The number of nitrogens with one attached hydrogen (secondary N) is 1. The van der Waals surface area contributed by atoms with E-state index in [4.69, 9.17) is 0 Å². The number of rotatable bonds is 11. The van der Waals surface area contributed by atoms with E-state index in [1.165, 1.54) is 6.07 Å². The lowest BCUT2D eigenvalue weighted by Gasteiger charge is -2.33. The van der Waals surface area contributed by atoms with Crippen molar-refractivity contribution in [3.8, 4) is 11.5 Å². The van der Waals surface area contributed by atoms with Gasteiger partial charge in [0.1, 0.15) is 6.10 Å². The molecule has 0 bridgehead atoms. The third kappa shape index (κ3) is 6.50. The van der Waals surface area contributed by atoms with E-state index in [2.05, 4.69) is 26.6 Å². The van der Waals surface area contributed by atoms with E-state index in [-0.39, 0.29) is 11.5 Å². The molecule has 0 spiro atoms. The van der Waals surface area contributed by atoms with Crippen LogP contribution in [0.5, 0.6) is 11.5 Å². The van der Waals surface area contributed by atoms with Crippen molar-refractivity contribution in [3.63, 3.8) is 0 Å². The molecule has 1 amide bonds. The van der Waals surface area contributed by atoms with Gasteiger partial charge < -0.3 is 24.8 Å². The molecule has 0 unspecified atom stereocenters. The number of nitrogens with zero attached hydrogens (tertiary/aromatic N) is 1. The summed E-state index contributed by atoms with van der Waals surface area (Å²) in [6, 6.07) is 2.72. The van der Waals surface area contributed by atoms with Gasteiger partial charge in [-0.25, -0.2) is 0 Å². The molecule has 2 aliphatic rings. The molecule has 1 aromatic rings. The smallest absolute Gasteiger partial charge is 0.421 e. The van der Waals surface area contributed by atoms with E-state index in [9.17, 15) is 27.5 Å². The zero-order valence-corrected chi connectivity index (χ0v) is 18.8. The average molecular weight is 477 g/mol. The van der Waals surface area contributed by atoms with Crippen LogP contribution in [0.3, 0.4) is 0 Å². The van der Waals surface area contributed by atoms with Crippen molar-refractivity contribution in [2.24, 2.45) is 0 Å². The zero-order chi connectivity index (χ0) is 24.1. The summed E-state index contributed by atoms with van der Waals surface area (Å²) in [6.07, 6.45) is -3.56. The quantitative estimate of drug-likeness (QED) is 0.360. The Morgan fingerprint density at radius 3 is 2.36 bits per heavy atom. The fourth-order valence-electron chi connectivity index (χ4n) is 4.14. The Labute approximate surface area is 191 Å². The van der Waals surface area contributed by atoms with Crippen LogP contribution in [0.1, 0.15) is 70.0 Å². The summed E-state index contributed by atoms with van der Waals surface area (Å²) in [5.41, 5.74) is 0.158. The van der Waals surface area contributed by atoms with Crippen molar-refractivity contribution >= 4 is 5.91 Å². The topological polar surface area (TPSA) is 71.0 Å². The van der Waals surface area contributed by atoms with Gasteiger partial charge in [-0.15, -0.1) is 0 Å². The van der Waals surface area contributed by atoms with Gasteiger partial charge in [0.2, 0.25) is 5.91 Å². The van der Waals surface area contributed by atoms with Crippen molar-refractivity contribution in [1.82, 2.24) is 10.2 Å². The number of aliphatic hydroxyl groups is 1. The zero-order valence-electron chi connectivity index (χ0n) is 18.8. The number of benzene rings is 1. The molecule has 2 heterocycles. The third-order valence-electron chi connectivity index (χ3n) is 6.01. The molecule has 3 rings (SSSR count). The van der Waals surface area contributed by atoms with Gasteiger partial charge >= 0.3 is 12.2 Å². The van der Waals surface area contributed by atoms with Gasteiger partial charge in [-0.2, -0.15) is 17.6 Å². The van der Waals surface area contributed by atoms with Crippen LogP contribution in [-0.4, -0.2) is 53.8 Å². The number of likely N-dealkylation sites (tertiary alicyclic amines) is 1. The number of amides is 1. The maximum absolute atomic E-state index is 13.6. The second-order valence-electron chi connectivity index (χ2n) is 8.73. The molecule has 1 saturated heterocycles. The monoisotopic (exact) mass is 476 g/mol. The summed E-state index contributed by atoms with van der Waals surface area (Å²) in [7, 11) is 0. The highest BCUT2D eigenvalue weighted by molar-refractivity contribution is 5.76. The Hall–Kier alpha value is -2.07. The van der Waals surface area contributed by atoms with Crippen LogP contribution in [-0.2, 0) is 4.79 Å². The molecule has 2 aliphatic heterocycles. The first-order chi connectivity index (χ1) is 15.6. The van der Waals surface area contributed by atoms with Gasteiger partial charge in [0.25, 0.3) is 0 Å². The van der Waals surface area contributed by atoms with Crippen molar-refractivity contribution in [1.29, 1.82) is 0 Å². The molecule has 0 radical (unpaired) electrons. The molecule has 10 heteroatoms. The summed E-state index contributed by atoms with van der Waals surface area (Å²) >= 11 is 0. The minimum atomic E-state index is -4.84. The Bertz CT molecular complexity index is 803. The number of aliphatic hydroxyl groups excluding tert-OH is 1. The number of unbranched alkanes of at least 4 members (excludes halogenated alkanes) is 4. The Morgan fingerprint density at radius 2 is 1.70 bits per heavy atom.